The molecule has 1 aromatic carbocycles. The Bertz CT molecular complexity index is 380. The van der Waals surface area contributed by atoms with E-state index >= 15 is 0 Å². The maximum Gasteiger partial charge on any atom is 0.260 e. The van der Waals surface area contributed by atoms with Crippen LogP contribution in [0, 0.1) is 0 Å². The number of nitrogens with two attached hydrogens (primary N) is 1. The third-order valence-corrected chi connectivity index (χ3v) is 2.61. The van der Waals surface area contributed by atoms with E-state index in [-0.39, 0.29) is 5.91 Å². The first-order valence-corrected chi connectivity index (χ1v) is 6.41. The fraction of sp³-hybridized carbons (Fsp3) is 0.500. The Kier molecular flexibility index (Phi) is 6.22. The van der Waals surface area contributed by atoms with Crippen molar-refractivity contribution in [2.75, 3.05) is 13.1 Å². The van der Waals surface area contributed by atoms with Gasteiger partial charge in [0.25, 0.3) is 5.91 Å². The van der Waals surface area contributed by atoms with Gasteiger partial charge in [0.2, 0.25) is 0 Å². The first-order valence-electron chi connectivity index (χ1n) is 6.41. The zero-order chi connectivity index (χ0) is 13.4. The molecule has 0 aliphatic carbocycles. The molecule has 1 rings (SSSR count). The Labute approximate surface area is 109 Å². The molecule has 100 valence electrons. The van der Waals surface area contributed by atoms with Crippen LogP contribution in [0.5, 0.6) is 5.75 Å². The Hall–Kier alpha value is -1.55. The molecule has 0 heterocycles. The number of amides is 1. The summed E-state index contributed by atoms with van der Waals surface area (Å²) in [5, 5.41) is 2.82. The van der Waals surface area contributed by atoms with E-state index in [0.29, 0.717) is 13.1 Å². The molecule has 0 fully saturated rings. The van der Waals surface area contributed by atoms with E-state index in [1.165, 1.54) is 0 Å². The first kappa shape index (κ1) is 14.5. The van der Waals surface area contributed by atoms with E-state index in [2.05, 4.69) is 5.32 Å². The Morgan fingerprint density at radius 1 is 1.44 bits per heavy atom. The molecule has 3 N–H and O–H groups in total. The van der Waals surface area contributed by atoms with E-state index in [4.69, 9.17) is 10.5 Å². The molecule has 1 unspecified atom stereocenters. The summed E-state index contributed by atoms with van der Waals surface area (Å²) in [7, 11) is 0. The van der Waals surface area contributed by atoms with Crippen LogP contribution in [0.1, 0.15) is 25.8 Å². The highest BCUT2D eigenvalue weighted by Gasteiger charge is 2.15. The average molecular weight is 250 g/mol. The van der Waals surface area contributed by atoms with Crippen molar-refractivity contribution in [2.45, 2.75) is 32.8 Å². The number of ether oxygens (including phenoxy) is 1. The van der Waals surface area contributed by atoms with Gasteiger partial charge in [-0.1, -0.05) is 25.1 Å². The van der Waals surface area contributed by atoms with Crippen molar-refractivity contribution in [1.82, 2.24) is 5.32 Å². The average Bonchev–Trinajstić information content (AvgIpc) is 2.38. The summed E-state index contributed by atoms with van der Waals surface area (Å²) >= 11 is 0. The summed E-state index contributed by atoms with van der Waals surface area (Å²) in [6.45, 7) is 5.01. The molecular formula is C14H22N2O2. The van der Waals surface area contributed by atoms with Crippen molar-refractivity contribution in [2.24, 2.45) is 5.73 Å². The van der Waals surface area contributed by atoms with E-state index in [1.807, 2.05) is 31.2 Å². The van der Waals surface area contributed by atoms with Gasteiger partial charge in [0.15, 0.2) is 6.10 Å². The van der Waals surface area contributed by atoms with Crippen LogP contribution in [-0.2, 0) is 11.2 Å². The third-order valence-electron chi connectivity index (χ3n) is 2.61. The van der Waals surface area contributed by atoms with Gasteiger partial charge in [0.1, 0.15) is 5.75 Å². The summed E-state index contributed by atoms with van der Waals surface area (Å²) in [4.78, 5) is 11.7. The van der Waals surface area contributed by atoms with Gasteiger partial charge >= 0.3 is 0 Å². The molecule has 0 aliphatic rings. The van der Waals surface area contributed by atoms with Crippen LogP contribution in [0.2, 0.25) is 0 Å². The minimum atomic E-state index is -0.490. The fourth-order valence-electron chi connectivity index (χ4n) is 1.62. The van der Waals surface area contributed by atoms with E-state index in [0.717, 1.165) is 24.2 Å². The molecule has 0 bridgehead atoms. The molecule has 0 aliphatic heterocycles. The lowest BCUT2D eigenvalue weighted by molar-refractivity contribution is -0.127. The molecule has 0 radical (unpaired) electrons. The van der Waals surface area contributed by atoms with Crippen LogP contribution in [0.15, 0.2) is 24.3 Å². The van der Waals surface area contributed by atoms with Gasteiger partial charge < -0.3 is 15.8 Å². The number of carbonyl (C=O) groups excluding carboxylic acids is 1. The van der Waals surface area contributed by atoms with Gasteiger partial charge in [-0.05, 0) is 37.9 Å². The lowest BCUT2D eigenvalue weighted by Gasteiger charge is -2.16. The second kappa shape index (κ2) is 7.71. The Balaban J connectivity index is 2.63. The quantitative estimate of drug-likeness (QED) is 0.770. The van der Waals surface area contributed by atoms with Gasteiger partial charge in [-0.25, -0.2) is 0 Å². The van der Waals surface area contributed by atoms with Crippen molar-refractivity contribution in [1.29, 1.82) is 0 Å². The highest BCUT2D eigenvalue weighted by Crippen LogP contribution is 2.19. The lowest BCUT2D eigenvalue weighted by atomic mass is 10.1. The number of benzene rings is 1. The van der Waals surface area contributed by atoms with E-state index in [9.17, 15) is 4.79 Å². The van der Waals surface area contributed by atoms with Crippen molar-refractivity contribution < 1.29 is 9.53 Å². The molecule has 1 atom stereocenters. The summed E-state index contributed by atoms with van der Waals surface area (Å²) < 4.78 is 5.69. The van der Waals surface area contributed by atoms with E-state index in [1.54, 1.807) is 6.92 Å². The van der Waals surface area contributed by atoms with Crippen LogP contribution in [-0.4, -0.2) is 25.1 Å². The highest BCUT2D eigenvalue weighted by atomic mass is 16.5. The minimum absolute atomic E-state index is 0.0839. The zero-order valence-corrected chi connectivity index (χ0v) is 11.1. The molecular weight excluding hydrogens is 228 g/mol. The number of hydrogen-bond donors (Lipinski definition) is 2. The van der Waals surface area contributed by atoms with Crippen LogP contribution in [0.3, 0.4) is 0 Å². The largest absolute Gasteiger partial charge is 0.481 e. The van der Waals surface area contributed by atoms with Crippen molar-refractivity contribution in [3.05, 3.63) is 29.8 Å². The minimum Gasteiger partial charge on any atom is -0.481 e. The summed E-state index contributed by atoms with van der Waals surface area (Å²) in [6, 6.07) is 7.68. The molecule has 1 aromatic rings. The SMILES string of the molecule is CCCNC(=O)C(C)Oc1ccccc1CCN. The number of para-hydroxylation sites is 1. The van der Waals surface area contributed by atoms with Gasteiger partial charge in [-0.2, -0.15) is 0 Å². The van der Waals surface area contributed by atoms with E-state index < -0.39 is 6.10 Å². The van der Waals surface area contributed by atoms with Crippen molar-refractivity contribution in [3.63, 3.8) is 0 Å². The molecule has 0 saturated carbocycles. The molecule has 1 amide bonds. The number of carbonyl (C=O) groups is 1. The number of nitrogens with one attached hydrogen (secondary N) is 1. The predicted octanol–water partition coefficient (Wildman–Crippen LogP) is 1.48. The smallest absolute Gasteiger partial charge is 0.260 e. The Morgan fingerprint density at radius 3 is 2.83 bits per heavy atom. The lowest BCUT2D eigenvalue weighted by Crippen LogP contribution is -2.36. The van der Waals surface area contributed by atoms with Crippen LogP contribution in [0.25, 0.3) is 0 Å². The molecule has 0 saturated heterocycles. The second-order valence-corrected chi connectivity index (χ2v) is 4.20. The maximum atomic E-state index is 11.7. The standard InChI is InChI=1S/C14H22N2O2/c1-3-10-16-14(17)11(2)18-13-7-5-4-6-12(13)8-9-15/h4-7,11H,3,8-10,15H2,1-2H3,(H,16,17). The molecule has 4 nitrogen and oxygen atoms in total. The monoisotopic (exact) mass is 250 g/mol. The number of rotatable bonds is 7. The second-order valence-electron chi connectivity index (χ2n) is 4.20. The van der Waals surface area contributed by atoms with Crippen LogP contribution < -0.4 is 15.8 Å². The van der Waals surface area contributed by atoms with Crippen molar-refractivity contribution in [3.8, 4) is 5.75 Å². The maximum absolute atomic E-state index is 11.7. The van der Waals surface area contributed by atoms with Gasteiger partial charge in [-0.15, -0.1) is 0 Å². The highest BCUT2D eigenvalue weighted by molar-refractivity contribution is 5.80. The number of hydrogen-bond acceptors (Lipinski definition) is 3. The third kappa shape index (κ3) is 4.37. The van der Waals surface area contributed by atoms with Gasteiger partial charge in [0, 0.05) is 6.54 Å². The first-order chi connectivity index (χ1) is 8.69. The molecule has 4 heteroatoms. The topological polar surface area (TPSA) is 64.3 Å². The summed E-state index contributed by atoms with van der Waals surface area (Å²) in [6.07, 6.45) is 1.18. The van der Waals surface area contributed by atoms with Gasteiger partial charge in [-0.3, -0.25) is 4.79 Å². The molecule has 18 heavy (non-hydrogen) atoms. The summed E-state index contributed by atoms with van der Waals surface area (Å²) in [5.41, 5.74) is 6.59. The van der Waals surface area contributed by atoms with Crippen LogP contribution >= 0.6 is 0 Å². The van der Waals surface area contributed by atoms with Crippen molar-refractivity contribution >= 4 is 5.91 Å². The zero-order valence-electron chi connectivity index (χ0n) is 11.1. The van der Waals surface area contributed by atoms with Crippen LogP contribution in [0.4, 0.5) is 0 Å². The fourth-order valence-corrected chi connectivity index (χ4v) is 1.62. The summed E-state index contributed by atoms with van der Waals surface area (Å²) in [5.74, 6) is 0.654. The normalized spacial score (nSPS) is 11.9. The van der Waals surface area contributed by atoms with Gasteiger partial charge in [0.05, 0.1) is 0 Å². The predicted molar refractivity (Wildman–Crippen MR) is 72.6 cm³/mol. The molecule has 0 spiro atoms. The Morgan fingerprint density at radius 2 is 2.17 bits per heavy atom. The molecule has 0 aromatic heterocycles.